The number of aryl methyl sites for hydroxylation is 2. The summed E-state index contributed by atoms with van der Waals surface area (Å²) in [6.45, 7) is 10.3. The number of thioether (sulfide) groups is 1. The van der Waals surface area contributed by atoms with Crippen molar-refractivity contribution in [3.05, 3.63) is 113 Å². The zero-order valence-electron chi connectivity index (χ0n) is 25.6. The number of halogens is 1. The average molecular weight is 720 g/mol. The maximum absolute atomic E-state index is 13.9. The number of nitrogens with zero attached hydrogens (tertiary/aromatic N) is 1. The topological polar surface area (TPSA) is 77.4 Å². The standard InChI is InChI=1S/C36H36IN2O4S/c1-6-39-32-13-11-26(34(41)28-10-8-7-9-22(28)2)19-29(32)30-20-27(12-14-33(30)39)35(42)31(38-43-25(5)40)16-18-44-36-23(3)15-17-37-21-24(36)4/h7-15,17,19-21,31,38H,6,16,18H2,1-5H3/q-1. The third kappa shape index (κ3) is 6.77. The van der Waals surface area contributed by atoms with Gasteiger partial charge in [-0.1, -0.05) is 24.3 Å². The second-order valence-corrected chi connectivity index (χ2v) is 14.0. The van der Waals surface area contributed by atoms with Crippen LogP contribution in [0.2, 0.25) is 0 Å². The summed E-state index contributed by atoms with van der Waals surface area (Å²) in [5, 5.41) is 1.83. The van der Waals surface area contributed by atoms with Gasteiger partial charge in [-0.2, -0.15) is 0 Å². The molecule has 0 saturated heterocycles. The number of aromatic nitrogens is 1. The van der Waals surface area contributed by atoms with Crippen molar-refractivity contribution in [3.8, 4) is 0 Å². The SMILES string of the molecule is CCn1c2ccc(C(=O)c3ccccc3C)cc2c2cc(C(=O)C(CCSC3=C(C)C=C[I-]C=C3C)NOC(C)=O)ccc21. The van der Waals surface area contributed by atoms with E-state index in [1.54, 1.807) is 11.8 Å². The van der Waals surface area contributed by atoms with Crippen molar-refractivity contribution in [2.45, 2.75) is 53.6 Å². The molecule has 2 heterocycles. The molecule has 1 aromatic heterocycles. The Morgan fingerprint density at radius 3 is 2.32 bits per heavy atom. The van der Waals surface area contributed by atoms with Crippen LogP contribution < -0.4 is 26.7 Å². The first kappa shape index (κ1) is 31.9. The van der Waals surface area contributed by atoms with Crippen molar-refractivity contribution < 1.29 is 40.4 Å². The van der Waals surface area contributed by atoms with E-state index >= 15 is 0 Å². The Kier molecular flexibility index (Phi) is 10.2. The van der Waals surface area contributed by atoms with Gasteiger partial charge < -0.3 is 4.57 Å². The van der Waals surface area contributed by atoms with E-state index in [9.17, 15) is 14.4 Å². The number of hydrogen-bond acceptors (Lipinski definition) is 6. The molecule has 0 radical (unpaired) electrons. The van der Waals surface area contributed by atoms with E-state index in [1.807, 2.05) is 67.6 Å². The zero-order chi connectivity index (χ0) is 31.4. The number of benzene rings is 3. The van der Waals surface area contributed by atoms with Gasteiger partial charge in [-0.05, 0) is 37.6 Å². The maximum atomic E-state index is 13.9. The van der Waals surface area contributed by atoms with Gasteiger partial charge in [0.15, 0.2) is 5.78 Å². The minimum absolute atomic E-state index is 0.0285. The van der Waals surface area contributed by atoms with Crippen LogP contribution in [0.3, 0.4) is 0 Å². The van der Waals surface area contributed by atoms with Crippen molar-refractivity contribution in [1.29, 1.82) is 0 Å². The molecular formula is C36H36IN2O4S-. The molecule has 0 amide bonds. The molecule has 44 heavy (non-hydrogen) atoms. The van der Waals surface area contributed by atoms with Gasteiger partial charge in [0, 0.05) is 23.2 Å². The first-order valence-electron chi connectivity index (χ1n) is 14.6. The van der Waals surface area contributed by atoms with Crippen molar-refractivity contribution in [2.75, 3.05) is 5.75 Å². The molecular weight excluding hydrogens is 683 g/mol. The van der Waals surface area contributed by atoms with Crippen LogP contribution >= 0.6 is 11.8 Å². The first-order chi connectivity index (χ1) is 21.2. The molecule has 5 rings (SSSR count). The molecule has 0 saturated carbocycles. The Morgan fingerprint density at radius 1 is 0.955 bits per heavy atom. The number of rotatable bonds is 11. The Bertz CT molecular complexity index is 1870. The predicted molar refractivity (Wildman–Crippen MR) is 175 cm³/mol. The molecule has 4 aromatic rings. The molecule has 8 heteroatoms. The van der Waals surface area contributed by atoms with E-state index in [0.717, 1.165) is 33.9 Å². The molecule has 0 fully saturated rings. The van der Waals surface area contributed by atoms with Gasteiger partial charge in [0.25, 0.3) is 0 Å². The third-order valence-corrected chi connectivity index (χ3v) is 11.2. The summed E-state index contributed by atoms with van der Waals surface area (Å²) in [7, 11) is 0. The van der Waals surface area contributed by atoms with Gasteiger partial charge in [0.2, 0.25) is 0 Å². The fraction of sp³-hybridized carbons (Fsp3) is 0.250. The van der Waals surface area contributed by atoms with Crippen LogP contribution in [0.1, 0.15) is 66.0 Å². The number of nitrogens with one attached hydrogen (secondary N) is 1. The van der Waals surface area contributed by atoms with Gasteiger partial charge in [-0.3, -0.25) is 4.79 Å². The van der Waals surface area contributed by atoms with E-state index in [2.05, 4.69) is 45.1 Å². The van der Waals surface area contributed by atoms with Crippen molar-refractivity contribution >= 4 is 51.1 Å². The normalized spacial score (nSPS) is 14.2. The van der Waals surface area contributed by atoms with Crippen LogP contribution in [0.25, 0.3) is 21.8 Å². The molecule has 3 aromatic carbocycles. The minimum atomic E-state index is -0.708. The Morgan fingerprint density at radius 2 is 1.64 bits per heavy atom. The Balaban J connectivity index is 1.47. The first-order valence-corrected chi connectivity index (χ1v) is 18.1. The number of ketones is 2. The van der Waals surface area contributed by atoms with Crippen LogP contribution in [0, 0.1) is 6.92 Å². The summed E-state index contributed by atoms with van der Waals surface area (Å²) in [4.78, 5) is 45.4. The third-order valence-electron chi connectivity index (χ3n) is 7.76. The van der Waals surface area contributed by atoms with Crippen molar-refractivity contribution in [2.24, 2.45) is 0 Å². The molecule has 0 bridgehead atoms. The number of allylic oxidation sites excluding steroid dienone is 3. The van der Waals surface area contributed by atoms with E-state index in [0.29, 0.717) is 28.9 Å². The summed E-state index contributed by atoms with van der Waals surface area (Å²) < 4.78 is 6.77. The monoisotopic (exact) mass is 719 g/mol. The Hall–Kier alpha value is -3.47. The van der Waals surface area contributed by atoms with Crippen molar-refractivity contribution in [1.82, 2.24) is 10.0 Å². The molecule has 6 nitrogen and oxygen atoms in total. The van der Waals surface area contributed by atoms with Gasteiger partial charge in [-0.25, -0.2) is 0 Å². The van der Waals surface area contributed by atoms with Gasteiger partial charge in [0.1, 0.15) is 0 Å². The zero-order valence-corrected chi connectivity index (χ0v) is 28.5. The average Bonchev–Trinajstić information content (AvgIpc) is 3.24. The summed E-state index contributed by atoms with van der Waals surface area (Å²) >= 11 is 1.65. The number of carbonyl (C=O) groups is 3. The van der Waals surface area contributed by atoms with Crippen LogP contribution in [0.4, 0.5) is 0 Å². The summed E-state index contributed by atoms with van der Waals surface area (Å²) in [5.41, 5.74) is 9.98. The number of hydrogen-bond donors (Lipinski definition) is 1. The van der Waals surface area contributed by atoms with Crippen LogP contribution in [0.5, 0.6) is 0 Å². The number of hydroxylamine groups is 1. The fourth-order valence-electron chi connectivity index (χ4n) is 5.53. The van der Waals surface area contributed by atoms with E-state index in [1.165, 1.54) is 23.0 Å². The van der Waals surface area contributed by atoms with E-state index < -0.39 is 12.0 Å². The van der Waals surface area contributed by atoms with E-state index in [-0.39, 0.29) is 32.8 Å². The molecule has 1 aliphatic heterocycles. The van der Waals surface area contributed by atoms with Crippen molar-refractivity contribution in [3.63, 3.8) is 0 Å². The predicted octanol–water partition coefficient (Wildman–Crippen LogP) is 4.89. The van der Waals surface area contributed by atoms with Gasteiger partial charge in [-0.15, -0.1) is 0 Å². The second-order valence-electron chi connectivity index (χ2n) is 10.8. The molecule has 1 unspecified atom stereocenters. The quantitative estimate of drug-likeness (QED) is 0.135. The number of Topliss-reactive ketones (excluding diaryl/α,β-unsaturated/α-hetero) is 1. The summed E-state index contributed by atoms with van der Waals surface area (Å²) in [6, 6.07) is 18.4. The second kappa shape index (κ2) is 14.1. The molecule has 0 spiro atoms. The van der Waals surface area contributed by atoms with Crippen LogP contribution in [0.15, 0.2) is 91.0 Å². The number of carbonyl (C=O) groups excluding carboxylic acids is 3. The summed E-state index contributed by atoms with van der Waals surface area (Å²) in [5.74, 6) is -0.00349. The van der Waals surface area contributed by atoms with Gasteiger partial charge in [0.05, 0.1) is 0 Å². The van der Waals surface area contributed by atoms with E-state index in [4.69, 9.17) is 4.84 Å². The number of fused-ring (bicyclic) bond motifs is 3. The molecule has 228 valence electrons. The summed E-state index contributed by atoms with van der Waals surface area (Å²) in [6.07, 6.45) is 2.66. The van der Waals surface area contributed by atoms with Crippen LogP contribution in [-0.2, 0) is 16.2 Å². The van der Waals surface area contributed by atoms with Gasteiger partial charge >= 0.3 is 174 Å². The van der Waals surface area contributed by atoms with Crippen LogP contribution in [-0.4, -0.2) is 33.9 Å². The molecule has 1 aliphatic rings. The molecule has 1 N–H and O–H groups in total. The Labute approximate surface area is 272 Å². The fourth-order valence-corrected chi connectivity index (χ4v) is 8.68. The molecule has 0 aliphatic carbocycles. The molecule has 1 atom stereocenters.